The van der Waals surface area contributed by atoms with Crippen LogP contribution in [0.25, 0.3) is 33.3 Å². The second kappa shape index (κ2) is 10.8. The van der Waals surface area contributed by atoms with Crippen molar-refractivity contribution in [2.45, 2.75) is 39.0 Å². The van der Waals surface area contributed by atoms with E-state index in [-0.39, 0.29) is 11.7 Å². The van der Waals surface area contributed by atoms with Gasteiger partial charge in [-0.2, -0.15) is 0 Å². The van der Waals surface area contributed by atoms with Gasteiger partial charge in [-0.1, -0.05) is 50.2 Å². The molecule has 1 aliphatic heterocycles. The fourth-order valence-corrected chi connectivity index (χ4v) is 5.33. The lowest BCUT2D eigenvalue weighted by Crippen LogP contribution is -2.11. The Morgan fingerprint density at radius 1 is 1.00 bits per heavy atom. The van der Waals surface area contributed by atoms with Crippen molar-refractivity contribution in [1.29, 1.82) is 0 Å². The number of carbonyl (C=O) groups excluding carboxylic acids is 1. The van der Waals surface area contributed by atoms with Crippen LogP contribution < -0.4 is 5.32 Å². The quantitative estimate of drug-likeness (QED) is 0.238. The number of nitrogens with one attached hydrogen (secondary N) is 2. The maximum absolute atomic E-state index is 14.0. The van der Waals surface area contributed by atoms with Crippen LogP contribution in [0.5, 0.6) is 0 Å². The molecule has 7 heteroatoms. The van der Waals surface area contributed by atoms with E-state index in [4.69, 9.17) is 9.98 Å². The monoisotopic (exact) mass is 531 g/mol. The average Bonchev–Trinajstić information content (AvgIpc) is 3.32. The maximum Gasteiger partial charge on any atom is 0.224 e. The van der Waals surface area contributed by atoms with E-state index in [0.29, 0.717) is 30.4 Å². The summed E-state index contributed by atoms with van der Waals surface area (Å²) in [6.07, 6.45) is 5.67. The highest BCUT2D eigenvalue weighted by Gasteiger charge is 2.23. The number of amides is 1. The van der Waals surface area contributed by atoms with E-state index in [1.807, 2.05) is 37.3 Å². The normalized spacial score (nSPS) is 14.9. The minimum absolute atomic E-state index is 0.0193. The van der Waals surface area contributed by atoms with Crippen LogP contribution in [0.4, 0.5) is 10.1 Å². The largest absolute Gasteiger partial charge is 0.337 e. The number of carbonyl (C=O) groups is 1. The van der Waals surface area contributed by atoms with Crippen LogP contribution in [0, 0.1) is 5.82 Å². The van der Waals surface area contributed by atoms with E-state index in [1.54, 1.807) is 18.5 Å². The van der Waals surface area contributed by atoms with Gasteiger partial charge in [0.2, 0.25) is 5.91 Å². The number of H-pyrrole nitrogens is 1. The topological polar surface area (TPSA) is 83.0 Å². The van der Waals surface area contributed by atoms with Gasteiger partial charge in [-0.15, -0.1) is 0 Å². The first-order valence-corrected chi connectivity index (χ1v) is 13.7. The highest BCUT2D eigenvalue weighted by molar-refractivity contribution is 6.14. The van der Waals surface area contributed by atoms with Crippen LogP contribution in [0.1, 0.15) is 56.0 Å². The molecule has 0 spiro atoms. The molecule has 2 N–H and O–H groups in total. The molecule has 0 aliphatic carbocycles. The summed E-state index contributed by atoms with van der Waals surface area (Å²) in [5, 5.41) is 2.94. The van der Waals surface area contributed by atoms with Gasteiger partial charge >= 0.3 is 0 Å². The molecule has 3 heterocycles. The average molecular weight is 532 g/mol. The molecule has 0 radical (unpaired) electrons. The number of para-hydroxylation sites is 1. The number of imidazole rings is 1. The molecule has 1 amide bonds. The zero-order valence-electron chi connectivity index (χ0n) is 22.5. The summed E-state index contributed by atoms with van der Waals surface area (Å²) in [6.45, 7) is 4.90. The third kappa shape index (κ3) is 5.02. The Labute approximate surface area is 232 Å². The van der Waals surface area contributed by atoms with Crippen molar-refractivity contribution < 1.29 is 9.18 Å². The molecule has 5 aromatic rings. The van der Waals surface area contributed by atoms with E-state index in [1.165, 1.54) is 17.7 Å². The molecule has 0 bridgehead atoms. The van der Waals surface area contributed by atoms with E-state index in [2.05, 4.69) is 40.4 Å². The van der Waals surface area contributed by atoms with Crippen molar-refractivity contribution in [3.8, 4) is 22.3 Å². The molecule has 0 saturated heterocycles. The Morgan fingerprint density at radius 3 is 2.73 bits per heavy atom. The summed E-state index contributed by atoms with van der Waals surface area (Å²) in [5.41, 5.74) is 8.90. The van der Waals surface area contributed by atoms with E-state index < -0.39 is 0 Å². The molecule has 0 saturated carbocycles. The van der Waals surface area contributed by atoms with Crippen LogP contribution in [0.2, 0.25) is 0 Å². The molecule has 2 aromatic heterocycles. The number of anilines is 1. The van der Waals surface area contributed by atoms with Gasteiger partial charge in [0.1, 0.15) is 11.5 Å². The fraction of sp³-hybridized carbons (Fsp3) is 0.212. The van der Waals surface area contributed by atoms with E-state index >= 15 is 0 Å². The minimum atomic E-state index is -0.280. The maximum atomic E-state index is 14.0. The standard InChI is InChI=1S/C33H30FN5O/c1-3-6-30(40)37-25-16-23(18-35-19-25)21-11-12-26-20(2)13-14-36-32(28(26)17-21)33-38-29-10-5-9-27(31(29)39-33)22-7-4-8-24(34)15-22/h4-5,7-12,15-20H,3,6,13-14H2,1-2H3,(H,37,40)(H,38,39). The number of hydrogen-bond acceptors (Lipinski definition) is 4. The van der Waals surface area contributed by atoms with Crippen molar-refractivity contribution in [3.63, 3.8) is 0 Å². The summed E-state index contributed by atoms with van der Waals surface area (Å²) in [7, 11) is 0. The minimum Gasteiger partial charge on any atom is -0.337 e. The Bertz CT molecular complexity index is 1760. The first kappa shape index (κ1) is 25.6. The number of hydrogen-bond donors (Lipinski definition) is 2. The molecule has 0 fully saturated rings. The Hall–Kier alpha value is -4.65. The third-order valence-corrected chi connectivity index (χ3v) is 7.38. The van der Waals surface area contributed by atoms with Crippen molar-refractivity contribution in [3.05, 3.63) is 102 Å². The summed E-state index contributed by atoms with van der Waals surface area (Å²) in [4.78, 5) is 30.0. The predicted octanol–water partition coefficient (Wildman–Crippen LogP) is 7.51. The number of halogens is 1. The lowest BCUT2D eigenvalue weighted by atomic mass is 9.89. The fourth-order valence-electron chi connectivity index (χ4n) is 5.33. The van der Waals surface area contributed by atoms with E-state index in [9.17, 15) is 9.18 Å². The molecular formula is C33H30FN5O. The number of fused-ring (bicyclic) bond motifs is 2. The van der Waals surface area contributed by atoms with Crippen molar-refractivity contribution in [1.82, 2.24) is 15.0 Å². The van der Waals surface area contributed by atoms with Crippen LogP contribution in [0.15, 0.2) is 84.1 Å². The molecule has 3 aromatic carbocycles. The highest BCUT2D eigenvalue weighted by atomic mass is 19.1. The molecule has 1 unspecified atom stereocenters. The van der Waals surface area contributed by atoms with Crippen LogP contribution in [-0.4, -0.2) is 33.1 Å². The van der Waals surface area contributed by atoms with Crippen molar-refractivity contribution in [2.24, 2.45) is 4.99 Å². The SMILES string of the molecule is CCCC(=O)Nc1cncc(-c2ccc3c(c2)C(c2nc4c(-c5cccc(F)c5)cccc4[nH]2)=NCCC3C)c1. The first-order valence-electron chi connectivity index (χ1n) is 13.7. The van der Waals surface area contributed by atoms with Gasteiger partial charge < -0.3 is 10.3 Å². The van der Waals surface area contributed by atoms with Crippen molar-refractivity contribution in [2.75, 3.05) is 11.9 Å². The molecule has 1 atom stereocenters. The summed E-state index contributed by atoms with van der Waals surface area (Å²) in [6, 6.07) is 20.8. The molecule has 1 aliphatic rings. The summed E-state index contributed by atoms with van der Waals surface area (Å²) >= 11 is 0. The van der Waals surface area contributed by atoms with Gasteiger partial charge in [-0.3, -0.25) is 14.8 Å². The van der Waals surface area contributed by atoms with Gasteiger partial charge in [-0.05, 0) is 65.8 Å². The smallest absolute Gasteiger partial charge is 0.224 e. The number of aliphatic imine (C=N–C) groups is 1. The molecule has 6 nitrogen and oxygen atoms in total. The van der Waals surface area contributed by atoms with Gasteiger partial charge in [0.15, 0.2) is 5.82 Å². The lowest BCUT2D eigenvalue weighted by Gasteiger charge is -2.15. The summed E-state index contributed by atoms with van der Waals surface area (Å²) < 4.78 is 14.0. The van der Waals surface area contributed by atoms with Crippen LogP contribution in [-0.2, 0) is 4.79 Å². The Morgan fingerprint density at radius 2 is 1.88 bits per heavy atom. The lowest BCUT2D eigenvalue weighted by molar-refractivity contribution is -0.116. The number of nitrogens with zero attached hydrogens (tertiary/aromatic N) is 3. The van der Waals surface area contributed by atoms with Crippen LogP contribution in [0.3, 0.4) is 0 Å². The molecule has 200 valence electrons. The number of benzene rings is 3. The van der Waals surface area contributed by atoms with Gasteiger partial charge in [0.25, 0.3) is 0 Å². The molecule has 6 rings (SSSR count). The Kier molecular flexibility index (Phi) is 6.95. The second-order valence-electron chi connectivity index (χ2n) is 10.3. The first-order chi connectivity index (χ1) is 19.5. The third-order valence-electron chi connectivity index (χ3n) is 7.38. The Balaban J connectivity index is 1.43. The predicted molar refractivity (Wildman–Crippen MR) is 158 cm³/mol. The number of aromatic amines is 1. The zero-order chi connectivity index (χ0) is 27.6. The summed E-state index contributed by atoms with van der Waals surface area (Å²) in [5.74, 6) is 0.715. The van der Waals surface area contributed by atoms with E-state index in [0.717, 1.165) is 57.4 Å². The van der Waals surface area contributed by atoms with Gasteiger partial charge in [0.05, 0.1) is 22.9 Å². The highest BCUT2D eigenvalue weighted by Crippen LogP contribution is 2.34. The molecule has 40 heavy (non-hydrogen) atoms. The van der Waals surface area contributed by atoms with Crippen molar-refractivity contribution >= 4 is 28.3 Å². The van der Waals surface area contributed by atoms with Crippen LogP contribution >= 0.6 is 0 Å². The second-order valence-corrected chi connectivity index (χ2v) is 10.3. The zero-order valence-corrected chi connectivity index (χ0v) is 22.5. The van der Waals surface area contributed by atoms with Gasteiger partial charge in [0, 0.05) is 35.9 Å². The number of pyridine rings is 1. The number of aromatic nitrogens is 3. The van der Waals surface area contributed by atoms with Gasteiger partial charge in [-0.25, -0.2) is 9.37 Å². The molecular weight excluding hydrogens is 501 g/mol. The number of rotatable bonds is 6.